The van der Waals surface area contributed by atoms with E-state index in [0.29, 0.717) is 5.56 Å². The van der Waals surface area contributed by atoms with E-state index in [2.05, 4.69) is 11.2 Å². The number of benzene rings is 1. The molecule has 1 nitrogen and oxygen atoms in total. The monoisotopic (exact) mass is 191 g/mol. The molecule has 0 heterocycles. The summed E-state index contributed by atoms with van der Waals surface area (Å²) in [6.07, 6.45) is 6.78. The summed E-state index contributed by atoms with van der Waals surface area (Å²) in [6, 6.07) is 5.03. The molecule has 0 aromatic heterocycles. The van der Waals surface area contributed by atoms with Crippen LogP contribution in [0.3, 0.4) is 0 Å². The number of nitrogens with one attached hydrogen (secondary N) is 1. The largest absolute Gasteiger partial charge is 0.385 e. The third-order valence-electron chi connectivity index (χ3n) is 2.08. The Balaban J connectivity index is 2.51. The molecule has 0 radical (unpaired) electrons. The van der Waals surface area contributed by atoms with Crippen LogP contribution in [0.15, 0.2) is 18.2 Å². The SMILES string of the molecule is C#CCCCNc1cccc(F)c1C. The first kappa shape index (κ1) is 10.6. The molecule has 0 spiro atoms. The Morgan fingerprint density at radius 3 is 3.00 bits per heavy atom. The molecule has 0 aliphatic carbocycles. The van der Waals surface area contributed by atoms with Crippen molar-refractivity contribution < 1.29 is 4.39 Å². The van der Waals surface area contributed by atoms with Crippen molar-refractivity contribution in [1.29, 1.82) is 0 Å². The summed E-state index contributed by atoms with van der Waals surface area (Å²) in [5, 5.41) is 3.15. The van der Waals surface area contributed by atoms with Gasteiger partial charge in [0.25, 0.3) is 0 Å². The Hall–Kier alpha value is -1.49. The summed E-state index contributed by atoms with van der Waals surface area (Å²) in [6.45, 7) is 2.55. The lowest BCUT2D eigenvalue weighted by atomic mass is 10.2. The van der Waals surface area contributed by atoms with Gasteiger partial charge in [0.2, 0.25) is 0 Å². The molecule has 1 rings (SSSR count). The molecule has 0 amide bonds. The average Bonchev–Trinajstić information content (AvgIpc) is 2.19. The molecular weight excluding hydrogens is 177 g/mol. The van der Waals surface area contributed by atoms with E-state index in [-0.39, 0.29) is 5.82 Å². The molecule has 0 saturated carbocycles. The van der Waals surface area contributed by atoms with E-state index in [1.807, 2.05) is 6.07 Å². The highest BCUT2D eigenvalue weighted by molar-refractivity contribution is 5.50. The maximum absolute atomic E-state index is 13.1. The molecule has 0 aliphatic heterocycles. The molecule has 14 heavy (non-hydrogen) atoms. The van der Waals surface area contributed by atoms with Gasteiger partial charge in [-0.15, -0.1) is 12.3 Å². The maximum atomic E-state index is 13.1. The predicted octanol–water partition coefficient (Wildman–Crippen LogP) is 2.96. The molecule has 0 atom stereocenters. The van der Waals surface area contributed by atoms with Crippen molar-refractivity contribution in [3.05, 3.63) is 29.6 Å². The highest BCUT2D eigenvalue weighted by Crippen LogP contribution is 2.17. The van der Waals surface area contributed by atoms with Gasteiger partial charge in [0.1, 0.15) is 5.82 Å². The van der Waals surface area contributed by atoms with Crippen LogP contribution in [0, 0.1) is 25.1 Å². The third-order valence-corrected chi connectivity index (χ3v) is 2.08. The molecule has 2 heteroatoms. The Morgan fingerprint density at radius 1 is 1.50 bits per heavy atom. The van der Waals surface area contributed by atoms with E-state index in [0.717, 1.165) is 25.1 Å². The second-order valence-electron chi connectivity index (χ2n) is 3.15. The number of hydrogen-bond acceptors (Lipinski definition) is 1. The lowest BCUT2D eigenvalue weighted by Crippen LogP contribution is -2.03. The Labute approximate surface area is 84.3 Å². The number of halogens is 1. The Morgan fingerprint density at radius 2 is 2.29 bits per heavy atom. The standard InChI is InChI=1S/C12H14FN/c1-3-4-5-9-14-12-8-6-7-11(13)10(12)2/h1,6-8,14H,4-5,9H2,2H3. The first-order chi connectivity index (χ1) is 6.75. The zero-order valence-electron chi connectivity index (χ0n) is 8.31. The van der Waals surface area contributed by atoms with Gasteiger partial charge in [-0.25, -0.2) is 4.39 Å². The third kappa shape index (κ3) is 2.77. The average molecular weight is 191 g/mol. The number of anilines is 1. The van der Waals surface area contributed by atoms with Gasteiger partial charge in [-0.1, -0.05) is 6.07 Å². The molecule has 0 saturated heterocycles. The van der Waals surface area contributed by atoms with E-state index in [1.165, 1.54) is 6.07 Å². The van der Waals surface area contributed by atoms with Crippen LogP contribution in [0.2, 0.25) is 0 Å². The fourth-order valence-electron chi connectivity index (χ4n) is 1.21. The van der Waals surface area contributed by atoms with E-state index < -0.39 is 0 Å². The first-order valence-electron chi connectivity index (χ1n) is 4.68. The van der Waals surface area contributed by atoms with Gasteiger partial charge in [0.15, 0.2) is 0 Å². The lowest BCUT2D eigenvalue weighted by Gasteiger charge is -2.08. The summed E-state index contributed by atoms with van der Waals surface area (Å²) in [5.74, 6) is 2.39. The van der Waals surface area contributed by atoms with Gasteiger partial charge in [0.05, 0.1) is 0 Å². The highest BCUT2D eigenvalue weighted by atomic mass is 19.1. The van der Waals surface area contributed by atoms with Crippen LogP contribution in [-0.4, -0.2) is 6.54 Å². The zero-order chi connectivity index (χ0) is 10.4. The Kier molecular flexibility index (Phi) is 4.00. The summed E-state index contributed by atoms with van der Waals surface area (Å²) in [7, 11) is 0. The number of rotatable bonds is 4. The summed E-state index contributed by atoms with van der Waals surface area (Å²) in [4.78, 5) is 0. The van der Waals surface area contributed by atoms with Gasteiger partial charge in [-0.2, -0.15) is 0 Å². The molecular formula is C12H14FN. The van der Waals surface area contributed by atoms with Crippen molar-refractivity contribution in [3.8, 4) is 12.3 Å². The van der Waals surface area contributed by atoms with Crippen LogP contribution in [-0.2, 0) is 0 Å². The van der Waals surface area contributed by atoms with Crippen molar-refractivity contribution in [2.75, 3.05) is 11.9 Å². The maximum Gasteiger partial charge on any atom is 0.128 e. The van der Waals surface area contributed by atoms with Gasteiger partial charge < -0.3 is 5.32 Å². The summed E-state index contributed by atoms with van der Waals surface area (Å²) in [5.41, 5.74) is 1.51. The number of unbranched alkanes of at least 4 members (excludes halogenated alkanes) is 1. The van der Waals surface area contributed by atoms with Gasteiger partial charge >= 0.3 is 0 Å². The second kappa shape index (κ2) is 5.29. The Bertz CT molecular complexity index is 339. The van der Waals surface area contributed by atoms with E-state index in [4.69, 9.17) is 6.42 Å². The number of hydrogen-bond donors (Lipinski definition) is 1. The van der Waals surface area contributed by atoms with Crippen LogP contribution >= 0.6 is 0 Å². The lowest BCUT2D eigenvalue weighted by molar-refractivity contribution is 0.619. The fourth-order valence-corrected chi connectivity index (χ4v) is 1.21. The van der Waals surface area contributed by atoms with Crippen molar-refractivity contribution in [2.24, 2.45) is 0 Å². The van der Waals surface area contributed by atoms with E-state index >= 15 is 0 Å². The smallest absolute Gasteiger partial charge is 0.128 e. The summed E-state index contributed by atoms with van der Waals surface area (Å²) < 4.78 is 13.1. The molecule has 0 bridgehead atoms. The van der Waals surface area contributed by atoms with Gasteiger partial charge in [-0.3, -0.25) is 0 Å². The van der Waals surface area contributed by atoms with Crippen molar-refractivity contribution in [1.82, 2.24) is 0 Å². The van der Waals surface area contributed by atoms with Crippen molar-refractivity contribution in [3.63, 3.8) is 0 Å². The van der Waals surface area contributed by atoms with Crippen LogP contribution in [0.25, 0.3) is 0 Å². The minimum Gasteiger partial charge on any atom is -0.385 e. The minimum atomic E-state index is -0.174. The van der Waals surface area contributed by atoms with Crippen LogP contribution in [0.4, 0.5) is 10.1 Å². The van der Waals surface area contributed by atoms with Crippen LogP contribution in [0.5, 0.6) is 0 Å². The first-order valence-corrected chi connectivity index (χ1v) is 4.68. The number of terminal acetylenes is 1. The van der Waals surface area contributed by atoms with Gasteiger partial charge in [0, 0.05) is 24.2 Å². The molecule has 0 fully saturated rings. The molecule has 0 aliphatic rings. The predicted molar refractivity (Wildman–Crippen MR) is 57.7 cm³/mol. The van der Waals surface area contributed by atoms with E-state index in [1.54, 1.807) is 13.0 Å². The van der Waals surface area contributed by atoms with Crippen molar-refractivity contribution in [2.45, 2.75) is 19.8 Å². The minimum absolute atomic E-state index is 0.174. The molecule has 0 unspecified atom stereocenters. The molecule has 1 aromatic rings. The van der Waals surface area contributed by atoms with Crippen molar-refractivity contribution >= 4 is 5.69 Å². The van der Waals surface area contributed by atoms with Crippen LogP contribution in [0.1, 0.15) is 18.4 Å². The quantitative estimate of drug-likeness (QED) is 0.570. The highest BCUT2D eigenvalue weighted by Gasteiger charge is 2.01. The normalized spacial score (nSPS) is 9.50. The molecule has 74 valence electrons. The topological polar surface area (TPSA) is 12.0 Å². The fraction of sp³-hybridized carbons (Fsp3) is 0.333. The van der Waals surface area contributed by atoms with Crippen LogP contribution < -0.4 is 5.32 Å². The molecule has 1 N–H and O–H groups in total. The van der Waals surface area contributed by atoms with Gasteiger partial charge in [-0.05, 0) is 25.5 Å². The second-order valence-corrected chi connectivity index (χ2v) is 3.15. The van der Waals surface area contributed by atoms with E-state index in [9.17, 15) is 4.39 Å². The summed E-state index contributed by atoms with van der Waals surface area (Å²) >= 11 is 0. The zero-order valence-corrected chi connectivity index (χ0v) is 8.31. The molecule has 1 aromatic carbocycles.